The first-order valence-electron chi connectivity index (χ1n) is 19.4. The van der Waals surface area contributed by atoms with Crippen molar-refractivity contribution >= 4 is 18.1 Å². The van der Waals surface area contributed by atoms with Gasteiger partial charge in [0.2, 0.25) is 5.91 Å². The van der Waals surface area contributed by atoms with Crippen molar-refractivity contribution in [3.8, 4) is 5.75 Å². The van der Waals surface area contributed by atoms with Crippen LogP contribution in [-0.2, 0) is 25.4 Å². The molecule has 0 aromatic heterocycles. The van der Waals surface area contributed by atoms with Crippen LogP contribution in [0.5, 0.6) is 5.75 Å². The summed E-state index contributed by atoms with van der Waals surface area (Å²) in [5.41, 5.74) is 2.91. The van der Waals surface area contributed by atoms with E-state index < -0.39 is 36.3 Å². The van der Waals surface area contributed by atoms with E-state index in [0.29, 0.717) is 51.4 Å². The molecule has 0 bridgehead atoms. The summed E-state index contributed by atoms with van der Waals surface area (Å²) in [7, 11) is 0. The molecule has 2 aromatic carbocycles. The second-order valence-electron chi connectivity index (χ2n) is 14.8. The minimum Gasteiger partial charge on any atom is -0.492 e. The van der Waals surface area contributed by atoms with Gasteiger partial charge in [-0.2, -0.15) is 0 Å². The summed E-state index contributed by atoms with van der Waals surface area (Å²) in [5, 5.41) is 28.8. The number of hydrogen-bond acceptors (Lipinski definition) is 9. The number of hydrogen-bond donors (Lipinski definition) is 4. The summed E-state index contributed by atoms with van der Waals surface area (Å²) in [4.78, 5) is 29.4. The molecule has 4 N–H and O–H groups in total. The third kappa shape index (κ3) is 11.3. The Morgan fingerprint density at radius 2 is 1.77 bits per heavy atom. The second kappa shape index (κ2) is 19.6. The van der Waals surface area contributed by atoms with E-state index in [1.165, 1.54) is 6.42 Å². The lowest BCUT2D eigenvalue weighted by molar-refractivity contribution is -0.127. The molecule has 2 aliphatic heterocycles. The van der Waals surface area contributed by atoms with Crippen LogP contribution in [0.3, 0.4) is 0 Å². The number of fused-ring (bicyclic) bond motifs is 1. The molecule has 2 aliphatic carbocycles. The van der Waals surface area contributed by atoms with E-state index in [1.54, 1.807) is 0 Å². The largest absolute Gasteiger partial charge is 0.492 e. The van der Waals surface area contributed by atoms with Crippen molar-refractivity contribution in [3.63, 3.8) is 0 Å². The van der Waals surface area contributed by atoms with E-state index in [-0.39, 0.29) is 18.4 Å². The molecule has 2 saturated heterocycles. The number of aliphatic hydroxyl groups is 2. The van der Waals surface area contributed by atoms with Gasteiger partial charge in [-0.25, -0.2) is 4.79 Å². The van der Waals surface area contributed by atoms with Crippen LogP contribution in [0.2, 0.25) is 0 Å². The highest BCUT2D eigenvalue weighted by Crippen LogP contribution is 2.33. The summed E-state index contributed by atoms with van der Waals surface area (Å²) >= 11 is 0. The predicted molar refractivity (Wildman–Crippen MR) is 198 cm³/mol. The van der Waals surface area contributed by atoms with Crippen molar-refractivity contribution in [1.82, 2.24) is 15.5 Å². The molecule has 4 aliphatic rings. The summed E-state index contributed by atoms with van der Waals surface area (Å²) in [6, 6.07) is 14.6. The maximum atomic E-state index is 14.0. The number of nitrogens with zero attached hydrogens (tertiary/aromatic N) is 1. The zero-order valence-electron chi connectivity index (χ0n) is 30.3. The number of rotatable bonds is 16. The van der Waals surface area contributed by atoms with Gasteiger partial charge in [-0.15, -0.1) is 0 Å². The van der Waals surface area contributed by atoms with Gasteiger partial charge in [-0.05, 0) is 54.0 Å². The molecule has 284 valence electrons. The highest BCUT2D eigenvalue weighted by Gasteiger charge is 2.36. The Morgan fingerprint density at radius 3 is 2.54 bits per heavy atom. The van der Waals surface area contributed by atoms with Crippen molar-refractivity contribution in [2.75, 3.05) is 52.7 Å². The minimum atomic E-state index is -0.979. The van der Waals surface area contributed by atoms with Gasteiger partial charge >= 0.3 is 6.09 Å². The van der Waals surface area contributed by atoms with Crippen molar-refractivity contribution in [2.24, 2.45) is 11.8 Å². The molecule has 6 atom stereocenters. The lowest BCUT2D eigenvalue weighted by Gasteiger charge is -2.32. The first kappa shape index (κ1) is 38.3. The van der Waals surface area contributed by atoms with Crippen LogP contribution in [-0.4, -0.2) is 104 Å². The molecule has 0 spiro atoms. The third-order valence-corrected chi connectivity index (χ3v) is 11.0. The standard InChI is InChI=1S/C41H57N3O8/c45-37(36(25-30-7-2-1-3-8-30)42-41(48)52-34-17-21-50-28-34)27-32(40(47)43-39-35-12-5-4-10-31(35)26-38(39)46)11-6-9-29-13-15-33(16-14-29)51-24-20-44-18-22-49-23-19-44/h4-6,9-10,12-16,30,32,34,36-39,45-46H,1-3,7-8,11,17-28H2,(H,42,48)(H,43,47)/t32-,34+,36+,37+,38-,39+/m1/s1. The van der Waals surface area contributed by atoms with E-state index in [1.807, 2.05) is 60.7 Å². The molecule has 0 radical (unpaired) electrons. The van der Waals surface area contributed by atoms with Gasteiger partial charge in [-0.3, -0.25) is 9.69 Å². The van der Waals surface area contributed by atoms with Crippen LogP contribution in [0, 0.1) is 11.8 Å². The monoisotopic (exact) mass is 719 g/mol. The Hall–Kier alpha value is -3.48. The molecular formula is C41H57N3O8. The number of ether oxygens (including phenoxy) is 4. The van der Waals surface area contributed by atoms with E-state index in [2.05, 4.69) is 15.5 Å². The molecule has 2 aromatic rings. The van der Waals surface area contributed by atoms with Crippen LogP contribution in [0.25, 0.3) is 6.08 Å². The molecule has 52 heavy (non-hydrogen) atoms. The normalized spacial score (nSPS) is 24.2. The average molecular weight is 720 g/mol. The number of aliphatic hydroxyl groups excluding tert-OH is 2. The van der Waals surface area contributed by atoms with Gasteiger partial charge in [0.25, 0.3) is 0 Å². The Labute approximate surface area is 308 Å². The fourth-order valence-corrected chi connectivity index (χ4v) is 7.98. The van der Waals surface area contributed by atoms with Crippen LogP contribution < -0.4 is 15.4 Å². The molecule has 11 nitrogen and oxygen atoms in total. The average Bonchev–Trinajstić information content (AvgIpc) is 3.79. The van der Waals surface area contributed by atoms with Gasteiger partial charge in [0.15, 0.2) is 0 Å². The molecule has 11 heteroatoms. The van der Waals surface area contributed by atoms with Crippen LogP contribution in [0.4, 0.5) is 4.79 Å². The lowest BCUT2D eigenvalue weighted by atomic mass is 9.82. The SMILES string of the molecule is O=C(N[C@@H](CC1CCCCC1)[C@@H](O)C[C@@H](CC=Cc1ccc(OCCN2CCOCC2)cc1)C(=O)N[C@H]1c2ccccc2C[C@H]1O)O[C@H]1CCOC1. The van der Waals surface area contributed by atoms with E-state index in [4.69, 9.17) is 18.9 Å². The first-order valence-corrected chi connectivity index (χ1v) is 19.4. The lowest BCUT2D eigenvalue weighted by Crippen LogP contribution is -2.47. The number of carbonyl (C=O) groups excluding carboxylic acids is 2. The van der Waals surface area contributed by atoms with Crippen LogP contribution in [0.1, 0.15) is 80.5 Å². The molecule has 0 unspecified atom stereocenters. The smallest absolute Gasteiger partial charge is 0.407 e. The van der Waals surface area contributed by atoms with E-state index in [0.717, 1.165) is 81.0 Å². The Kier molecular flexibility index (Phi) is 14.4. The number of carbonyl (C=O) groups is 2. The molecule has 6 rings (SSSR count). The highest BCUT2D eigenvalue weighted by atomic mass is 16.6. The fourth-order valence-electron chi connectivity index (χ4n) is 7.98. The van der Waals surface area contributed by atoms with Gasteiger partial charge in [0.1, 0.15) is 18.5 Å². The molecule has 3 fully saturated rings. The van der Waals surface area contributed by atoms with Gasteiger partial charge in [-0.1, -0.05) is 80.7 Å². The molecule has 2 amide bonds. The van der Waals surface area contributed by atoms with Gasteiger partial charge < -0.3 is 39.8 Å². The first-order chi connectivity index (χ1) is 25.4. The number of morpholine rings is 1. The Morgan fingerprint density at radius 1 is 0.981 bits per heavy atom. The zero-order chi connectivity index (χ0) is 36.1. The van der Waals surface area contributed by atoms with Gasteiger partial charge in [0.05, 0.1) is 50.7 Å². The summed E-state index contributed by atoms with van der Waals surface area (Å²) < 4.78 is 22.4. The van der Waals surface area contributed by atoms with Crippen molar-refractivity contribution in [1.29, 1.82) is 0 Å². The molecule has 2 heterocycles. The maximum Gasteiger partial charge on any atom is 0.407 e. The third-order valence-electron chi connectivity index (χ3n) is 11.0. The number of allylic oxidation sites excluding steroid dienone is 1. The quantitative estimate of drug-likeness (QED) is 0.193. The van der Waals surface area contributed by atoms with Crippen LogP contribution in [0.15, 0.2) is 54.6 Å². The number of alkyl carbamates (subject to hydrolysis) is 1. The second-order valence-corrected chi connectivity index (χ2v) is 14.8. The van der Waals surface area contributed by atoms with E-state index in [9.17, 15) is 19.8 Å². The predicted octanol–water partition coefficient (Wildman–Crippen LogP) is 4.80. The van der Waals surface area contributed by atoms with Gasteiger partial charge in [0, 0.05) is 38.4 Å². The van der Waals surface area contributed by atoms with Crippen molar-refractivity contribution < 1.29 is 38.7 Å². The van der Waals surface area contributed by atoms with E-state index >= 15 is 0 Å². The molecular weight excluding hydrogens is 662 g/mol. The minimum absolute atomic E-state index is 0.140. The fraction of sp³-hybridized carbons (Fsp3) is 0.610. The zero-order valence-corrected chi connectivity index (χ0v) is 30.3. The Bertz CT molecular complexity index is 1440. The van der Waals surface area contributed by atoms with Crippen LogP contribution >= 0.6 is 0 Å². The number of benzene rings is 2. The Balaban J connectivity index is 1.11. The summed E-state index contributed by atoms with van der Waals surface area (Å²) in [6.45, 7) is 5.79. The summed E-state index contributed by atoms with van der Waals surface area (Å²) in [6.07, 6.45) is 9.22. The molecule has 1 saturated carbocycles. The topological polar surface area (TPSA) is 139 Å². The maximum absolute atomic E-state index is 14.0. The van der Waals surface area contributed by atoms with Crippen molar-refractivity contribution in [3.05, 3.63) is 71.3 Å². The van der Waals surface area contributed by atoms with Crippen molar-refractivity contribution in [2.45, 2.75) is 94.6 Å². The number of nitrogens with one attached hydrogen (secondary N) is 2. The summed E-state index contributed by atoms with van der Waals surface area (Å²) in [5.74, 6) is 0.336. The highest BCUT2D eigenvalue weighted by molar-refractivity contribution is 5.80. The number of amides is 2.